The molecule has 0 radical (unpaired) electrons. The van der Waals surface area contributed by atoms with Gasteiger partial charge in [0.15, 0.2) is 0 Å². The summed E-state index contributed by atoms with van der Waals surface area (Å²) in [6, 6.07) is 2.00. The number of aromatic nitrogens is 1. The maximum absolute atomic E-state index is 7.74. The molecule has 1 unspecified atom stereocenters. The topological polar surface area (TPSA) is 72.0 Å². The molecule has 4 nitrogen and oxygen atoms in total. The summed E-state index contributed by atoms with van der Waals surface area (Å²) in [5.41, 5.74) is 8.67. The monoisotopic (exact) mass is 275 g/mol. The van der Waals surface area contributed by atoms with Crippen molar-refractivity contribution < 1.29 is 4.74 Å². The van der Waals surface area contributed by atoms with Crippen molar-refractivity contribution in [1.82, 2.24) is 4.98 Å². The zero-order valence-electron chi connectivity index (χ0n) is 12.7. The predicted molar refractivity (Wildman–Crippen MR) is 81.4 cm³/mol. The van der Waals surface area contributed by atoms with Gasteiger partial charge in [-0.1, -0.05) is 13.8 Å². The van der Waals surface area contributed by atoms with Gasteiger partial charge in [0.2, 0.25) is 5.88 Å². The molecule has 1 aliphatic carbocycles. The summed E-state index contributed by atoms with van der Waals surface area (Å²) in [5, 5.41) is 7.74. The van der Waals surface area contributed by atoms with Crippen LogP contribution in [0, 0.1) is 11.3 Å². The second-order valence-electron chi connectivity index (χ2n) is 6.13. The molecule has 0 fully saturated rings. The highest BCUT2D eigenvalue weighted by atomic mass is 16.5. The molecule has 0 saturated heterocycles. The van der Waals surface area contributed by atoms with Crippen molar-refractivity contribution >= 4 is 5.84 Å². The third kappa shape index (κ3) is 3.50. The number of fused-ring (bicyclic) bond motifs is 1. The third-order valence-corrected chi connectivity index (χ3v) is 3.67. The van der Waals surface area contributed by atoms with Gasteiger partial charge in [-0.25, -0.2) is 4.98 Å². The number of nitrogens with zero attached hydrogens (tertiary/aromatic N) is 1. The molecule has 1 heterocycles. The van der Waals surface area contributed by atoms with Crippen molar-refractivity contribution in [2.45, 2.75) is 59.0 Å². The van der Waals surface area contributed by atoms with Gasteiger partial charge in [-0.15, -0.1) is 0 Å². The molecule has 1 aromatic heterocycles. The number of nitrogens with one attached hydrogen (secondary N) is 1. The van der Waals surface area contributed by atoms with Crippen LogP contribution in [0.5, 0.6) is 5.88 Å². The van der Waals surface area contributed by atoms with Crippen LogP contribution in [-0.4, -0.2) is 16.9 Å². The minimum Gasteiger partial charge on any atom is -0.474 e. The van der Waals surface area contributed by atoms with E-state index in [0.29, 0.717) is 17.4 Å². The zero-order valence-corrected chi connectivity index (χ0v) is 12.7. The van der Waals surface area contributed by atoms with E-state index >= 15 is 0 Å². The van der Waals surface area contributed by atoms with Crippen molar-refractivity contribution in [3.63, 3.8) is 0 Å². The number of amidine groups is 1. The SMILES string of the molecule is CC(C)CC(C)Oc1nc2c(cc1C(=N)N)CCCC2. The largest absolute Gasteiger partial charge is 0.474 e. The van der Waals surface area contributed by atoms with Crippen molar-refractivity contribution in [2.75, 3.05) is 0 Å². The van der Waals surface area contributed by atoms with Crippen molar-refractivity contribution in [1.29, 1.82) is 5.41 Å². The lowest BCUT2D eigenvalue weighted by molar-refractivity contribution is 0.184. The molecule has 4 heteroatoms. The highest BCUT2D eigenvalue weighted by molar-refractivity contribution is 5.97. The maximum Gasteiger partial charge on any atom is 0.225 e. The summed E-state index contributed by atoms with van der Waals surface area (Å²) in [6.07, 6.45) is 5.46. The third-order valence-electron chi connectivity index (χ3n) is 3.67. The Kier molecular flexibility index (Phi) is 4.63. The Morgan fingerprint density at radius 2 is 2.05 bits per heavy atom. The number of nitrogen functional groups attached to an aromatic ring is 1. The van der Waals surface area contributed by atoms with Crippen molar-refractivity contribution in [3.05, 3.63) is 22.9 Å². The fraction of sp³-hybridized carbons (Fsp3) is 0.625. The summed E-state index contributed by atoms with van der Waals surface area (Å²) in [4.78, 5) is 4.64. The number of ether oxygens (including phenoxy) is 1. The van der Waals surface area contributed by atoms with E-state index in [1.54, 1.807) is 0 Å². The van der Waals surface area contributed by atoms with E-state index in [4.69, 9.17) is 15.9 Å². The van der Waals surface area contributed by atoms with Gasteiger partial charge < -0.3 is 10.5 Å². The van der Waals surface area contributed by atoms with Crippen LogP contribution < -0.4 is 10.5 Å². The van der Waals surface area contributed by atoms with Crippen LogP contribution in [0.25, 0.3) is 0 Å². The summed E-state index contributed by atoms with van der Waals surface area (Å²) in [7, 11) is 0. The van der Waals surface area contributed by atoms with Crippen LogP contribution in [0.4, 0.5) is 0 Å². The van der Waals surface area contributed by atoms with Crippen LogP contribution in [0.2, 0.25) is 0 Å². The molecule has 0 bridgehead atoms. The van der Waals surface area contributed by atoms with Crippen LogP contribution in [0.15, 0.2) is 6.07 Å². The highest BCUT2D eigenvalue weighted by Gasteiger charge is 2.19. The number of rotatable bonds is 5. The first-order valence-corrected chi connectivity index (χ1v) is 7.51. The molecule has 1 atom stereocenters. The van der Waals surface area contributed by atoms with Crippen molar-refractivity contribution in [3.8, 4) is 5.88 Å². The Morgan fingerprint density at radius 1 is 1.35 bits per heavy atom. The first kappa shape index (κ1) is 14.8. The van der Waals surface area contributed by atoms with Gasteiger partial charge >= 0.3 is 0 Å². The summed E-state index contributed by atoms with van der Waals surface area (Å²) in [6.45, 7) is 6.39. The molecule has 110 valence electrons. The lowest BCUT2D eigenvalue weighted by Gasteiger charge is -2.21. The van der Waals surface area contributed by atoms with Gasteiger partial charge in [0.25, 0.3) is 0 Å². The molecule has 20 heavy (non-hydrogen) atoms. The highest BCUT2D eigenvalue weighted by Crippen LogP contribution is 2.27. The van der Waals surface area contributed by atoms with E-state index in [1.807, 2.05) is 13.0 Å². The number of aryl methyl sites for hydroxylation is 2. The van der Waals surface area contributed by atoms with Gasteiger partial charge in [-0.2, -0.15) is 0 Å². The summed E-state index contributed by atoms with van der Waals surface area (Å²) >= 11 is 0. The van der Waals surface area contributed by atoms with E-state index in [2.05, 4.69) is 18.8 Å². The van der Waals surface area contributed by atoms with E-state index in [0.717, 1.165) is 25.0 Å². The Bertz CT molecular complexity index is 497. The van der Waals surface area contributed by atoms with Crippen LogP contribution >= 0.6 is 0 Å². The zero-order chi connectivity index (χ0) is 14.7. The second-order valence-corrected chi connectivity index (χ2v) is 6.13. The second kappa shape index (κ2) is 6.25. The van der Waals surface area contributed by atoms with E-state index < -0.39 is 0 Å². The number of hydrogen-bond acceptors (Lipinski definition) is 3. The molecule has 3 N–H and O–H groups in total. The Labute approximate surface area is 121 Å². The molecule has 1 aromatic rings. The fourth-order valence-electron chi connectivity index (χ4n) is 2.80. The van der Waals surface area contributed by atoms with E-state index in [9.17, 15) is 0 Å². The molecule has 0 spiro atoms. The van der Waals surface area contributed by atoms with Gasteiger partial charge in [0.1, 0.15) is 5.84 Å². The predicted octanol–water partition coefficient (Wildman–Crippen LogP) is 3.06. The van der Waals surface area contributed by atoms with Crippen molar-refractivity contribution in [2.24, 2.45) is 11.7 Å². The molecule has 2 rings (SSSR count). The lowest BCUT2D eigenvalue weighted by atomic mass is 9.94. The standard InChI is InChI=1S/C16H25N3O/c1-10(2)8-11(3)20-16-13(15(17)18)9-12-6-4-5-7-14(12)19-16/h9-11H,4-8H2,1-3H3,(H3,17,18). The normalized spacial score (nSPS) is 15.8. The van der Waals surface area contributed by atoms with Gasteiger partial charge in [-0.05, 0) is 56.6 Å². The molecular weight excluding hydrogens is 250 g/mol. The minimum absolute atomic E-state index is 0.0395. The Hall–Kier alpha value is -1.58. The molecular formula is C16H25N3O. The molecule has 0 amide bonds. The summed E-state index contributed by atoms with van der Waals surface area (Å²) in [5.74, 6) is 1.15. The average Bonchev–Trinajstić information content (AvgIpc) is 2.36. The quantitative estimate of drug-likeness (QED) is 0.641. The van der Waals surface area contributed by atoms with E-state index in [-0.39, 0.29) is 11.9 Å². The molecule has 0 aliphatic heterocycles. The van der Waals surface area contributed by atoms with Gasteiger partial charge in [-0.3, -0.25) is 5.41 Å². The Morgan fingerprint density at radius 3 is 2.70 bits per heavy atom. The Balaban J connectivity index is 2.28. The first-order valence-electron chi connectivity index (χ1n) is 7.51. The molecule has 1 aliphatic rings. The van der Waals surface area contributed by atoms with Crippen LogP contribution in [0.3, 0.4) is 0 Å². The van der Waals surface area contributed by atoms with Crippen LogP contribution in [0.1, 0.15) is 56.9 Å². The smallest absolute Gasteiger partial charge is 0.225 e. The number of hydrogen-bond donors (Lipinski definition) is 2. The van der Waals surface area contributed by atoms with Gasteiger partial charge in [0, 0.05) is 5.69 Å². The molecule has 0 saturated carbocycles. The molecule has 0 aromatic carbocycles. The van der Waals surface area contributed by atoms with Crippen LogP contribution in [-0.2, 0) is 12.8 Å². The average molecular weight is 275 g/mol. The fourth-order valence-corrected chi connectivity index (χ4v) is 2.80. The lowest BCUT2D eigenvalue weighted by Crippen LogP contribution is -2.21. The van der Waals surface area contributed by atoms with Gasteiger partial charge in [0.05, 0.1) is 11.7 Å². The minimum atomic E-state index is 0.0395. The maximum atomic E-state index is 7.74. The van der Waals surface area contributed by atoms with E-state index in [1.165, 1.54) is 18.4 Å². The number of nitrogens with two attached hydrogens (primary N) is 1. The number of pyridine rings is 1. The summed E-state index contributed by atoms with van der Waals surface area (Å²) < 4.78 is 5.95. The first-order chi connectivity index (χ1) is 9.47.